The molecule has 0 bridgehead atoms. The summed E-state index contributed by atoms with van der Waals surface area (Å²) in [6.45, 7) is 10.9. The van der Waals surface area contributed by atoms with Crippen LogP contribution in [0.1, 0.15) is 27.7 Å². The van der Waals surface area contributed by atoms with E-state index in [2.05, 4.69) is 25.7 Å². The molecular formula is C10H21NO. The van der Waals surface area contributed by atoms with Gasteiger partial charge < -0.3 is 5.11 Å². The second-order valence-electron chi connectivity index (χ2n) is 4.44. The fourth-order valence-corrected chi connectivity index (χ4v) is 1.61. The fraction of sp³-hybridized carbons (Fsp3) is 1.00. The minimum atomic E-state index is -0.196. The van der Waals surface area contributed by atoms with Crippen molar-refractivity contribution in [2.75, 3.05) is 13.1 Å². The molecule has 2 nitrogen and oxygen atoms in total. The highest BCUT2D eigenvalue weighted by atomic mass is 16.3. The summed E-state index contributed by atoms with van der Waals surface area (Å²) in [7, 11) is 0. The second-order valence-corrected chi connectivity index (χ2v) is 4.44. The van der Waals surface area contributed by atoms with Gasteiger partial charge in [0.1, 0.15) is 0 Å². The van der Waals surface area contributed by atoms with Gasteiger partial charge in [-0.25, -0.2) is 0 Å². The number of aliphatic hydroxyl groups excluding tert-OH is 1. The van der Waals surface area contributed by atoms with E-state index in [1.165, 1.54) is 13.1 Å². The fourth-order valence-electron chi connectivity index (χ4n) is 1.61. The van der Waals surface area contributed by atoms with Crippen LogP contribution in [0.25, 0.3) is 0 Å². The smallest absolute Gasteiger partial charge is 0.0664 e. The number of nitrogens with zero attached hydrogens (tertiary/aromatic N) is 1. The number of aliphatic hydroxyl groups is 1. The van der Waals surface area contributed by atoms with Gasteiger partial charge in [0.05, 0.1) is 6.10 Å². The molecule has 1 saturated heterocycles. The zero-order chi connectivity index (χ0) is 9.30. The van der Waals surface area contributed by atoms with E-state index in [4.69, 9.17) is 0 Å². The standard InChI is InChI=1S/C10H21NO/c1-7(2)10-5-11(6-10)8(3)9(4)12/h7-10,12H,5-6H2,1-4H3. The summed E-state index contributed by atoms with van der Waals surface area (Å²) in [5.41, 5.74) is 0. The molecule has 0 radical (unpaired) electrons. The van der Waals surface area contributed by atoms with Gasteiger partial charge in [-0.1, -0.05) is 13.8 Å². The van der Waals surface area contributed by atoms with Crippen LogP contribution in [0.4, 0.5) is 0 Å². The minimum absolute atomic E-state index is 0.196. The molecule has 2 atom stereocenters. The lowest BCUT2D eigenvalue weighted by atomic mass is 9.87. The summed E-state index contributed by atoms with van der Waals surface area (Å²) in [5, 5.41) is 9.34. The molecule has 1 rings (SSSR count). The van der Waals surface area contributed by atoms with Crippen molar-refractivity contribution in [2.24, 2.45) is 11.8 Å². The van der Waals surface area contributed by atoms with Gasteiger partial charge in [0.15, 0.2) is 0 Å². The summed E-state index contributed by atoms with van der Waals surface area (Å²) < 4.78 is 0. The first kappa shape index (κ1) is 10.0. The lowest BCUT2D eigenvalue weighted by Crippen LogP contribution is -2.55. The predicted octanol–water partition coefficient (Wildman–Crippen LogP) is 1.34. The molecule has 0 aliphatic carbocycles. The Balaban J connectivity index is 2.25. The van der Waals surface area contributed by atoms with E-state index >= 15 is 0 Å². The first-order valence-electron chi connectivity index (χ1n) is 4.94. The Hall–Kier alpha value is -0.0800. The highest BCUT2D eigenvalue weighted by Crippen LogP contribution is 2.25. The molecule has 1 aliphatic heterocycles. The quantitative estimate of drug-likeness (QED) is 0.692. The van der Waals surface area contributed by atoms with Gasteiger partial charge in [-0.2, -0.15) is 0 Å². The zero-order valence-electron chi connectivity index (χ0n) is 8.62. The van der Waals surface area contributed by atoms with Gasteiger partial charge in [0.2, 0.25) is 0 Å². The summed E-state index contributed by atoms with van der Waals surface area (Å²) in [6.07, 6.45) is -0.196. The molecule has 0 spiro atoms. The Labute approximate surface area is 75.6 Å². The van der Waals surface area contributed by atoms with Crippen LogP contribution >= 0.6 is 0 Å². The van der Waals surface area contributed by atoms with Gasteiger partial charge in [-0.3, -0.25) is 4.90 Å². The van der Waals surface area contributed by atoms with Gasteiger partial charge in [0.25, 0.3) is 0 Å². The first-order valence-corrected chi connectivity index (χ1v) is 4.94. The molecule has 1 fully saturated rings. The highest BCUT2D eigenvalue weighted by Gasteiger charge is 2.33. The van der Waals surface area contributed by atoms with Gasteiger partial charge in [0, 0.05) is 19.1 Å². The lowest BCUT2D eigenvalue weighted by molar-refractivity contribution is -0.0159. The highest BCUT2D eigenvalue weighted by molar-refractivity contribution is 4.86. The molecule has 72 valence electrons. The Kier molecular flexibility index (Phi) is 3.13. The Morgan fingerprint density at radius 3 is 2.00 bits per heavy atom. The van der Waals surface area contributed by atoms with Crippen molar-refractivity contribution < 1.29 is 5.11 Å². The van der Waals surface area contributed by atoms with Crippen LogP contribution < -0.4 is 0 Å². The summed E-state index contributed by atoms with van der Waals surface area (Å²) in [5.74, 6) is 1.65. The van der Waals surface area contributed by atoms with Crippen LogP contribution in [0, 0.1) is 11.8 Å². The van der Waals surface area contributed by atoms with Crippen molar-refractivity contribution in [2.45, 2.75) is 39.8 Å². The molecular weight excluding hydrogens is 150 g/mol. The van der Waals surface area contributed by atoms with E-state index in [9.17, 15) is 5.11 Å². The average Bonchev–Trinajstić information content (AvgIpc) is 1.82. The van der Waals surface area contributed by atoms with Gasteiger partial charge in [-0.05, 0) is 25.7 Å². The van der Waals surface area contributed by atoms with Gasteiger partial charge in [-0.15, -0.1) is 0 Å². The molecule has 1 heterocycles. The molecule has 1 aliphatic rings. The zero-order valence-corrected chi connectivity index (χ0v) is 8.62. The summed E-state index contributed by atoms with van der Waals surface area (Å²) in [4.78, 5) is 2.36. The third-order valence-electron chi connectivity index (χ3n) is 3.15. The van der Waals surface area contributed by atoms with E-state index in [0.717, 1.165) is 11.8 Å². The molecule has 1 N–H and O–H groups in total. The van der Waals surface area contributed by atoms with Crippen LogP contribution in [0.3, 0.4) is 0 Å². The van der Waals surface area contributed by atoms with Crippen LogP contribution in [-0.4, -0.2) is 35.2 Å². The molecule has 0 aromatic carbocycles. The third kappa shape index (κ3) is 1.99. The number of likely N-dealkylation sites (tertiary alicyclic amines) is 1. The molecule has 0 saturated carbocycles. The van der Waals surface area contributed by atoms with E-state index in [1.807, 2.05) is 6.92 Å². The minimum Gasteiger partial charge on any atom is -0.392 e. The second kappa shape index (κ2) is 3.75. The van der Waals surface area contributed by atoms with Crippen molar-refractivity contribution in [3.05, 3.63) is 0 Å². The van der Waals surface area contributed by atoms with E-state index in [1.54, 1.807) is 0 Å². The molecule has 0 aromatic heterocycles. The molecule has 2 unspecified atom stereocenters. The number of rotatable bonds is 3. The number of hydrogen-bond donors (Lipinski definition) is 1. The summed E-state index contributed by atoms with van der Waals surface area (Å²) in [6, 6.07) is 0.333. The SMILES string of the molecule is CC(C)C1CN(C(C)C(C)O)C1. The van der Waals surface area contributed by atoms with E-state index < -0.39 is 0 Å². The van der Waals surface area contributed by atoms with Crippen molar-refractivity contribution in [1.82, 2.24) is 4.90 Å². The van der Waals surface area contributed by atoms with E-state index in [0.29, 0.717) is 6.04 Å². The first-order chi connectivity index (χ1) is 5.52. The third-order valence-corrected chi connectivity index (χ3v) is 3.15. The van der Waals surface area contributed by atoms with Crippen molar-refractivity contribution in [1.29, 1.82) is 0 Å². The monoisotopic (exact) mass is 171 g/mol. The van der Waals surface area contributed by atoms with Crippen molar-refractivity contribution in [3.63, 3.8) is 0 Å². The Morgan fingerprint density at radius 2 is 1.67 bits per heavy atom. The summed E-state index contributed by atoms with van der Waals surface area (Å²) >= 11 is 0. The maximum Gasteiger partial charge on any atom is 0.0664 e. The molecule has 12 heavy (non-hydrogen) atoms. The number of hydrogen-bond acceptors (Lipinski definition) is 2. The largest absolute Gasteiger partial charge is 0.392 e. The molecule has 0 amide bonds. The van der Waals surface area contributed by atoms with Crippen LogP contribution in [0.15, 0.2) is 0 Å². The molecule has 0 aromatic rings. The lowest BCUT2D eigenvalue weighted by Gasteiger charge is -2.46. The van der Waals surface area contributed by atoms with Crippen LogP contribution in [0.2, 0.25) is 0 Å². The topological polar surface area (TPSA) is 23.5 Å². The normalized spacial score (nSPS) is 25.5. The molecule has 2 heteroatoms. The van der Waals surface area contributed by atoms with Crippen LogP contribution in [-0.2, 0) is 0 Å². The van der Waals surface area contributed by atoms with Crippen molar-refractivity contribution in [3.8, 4) is 0 Å². The van der Waals surface area contributed by atoms with Crippen LogP contribution in [0.5, 0.6) is 0 Å². The Morgan fingerprint density at radius 1 is 1.17 bits per heavy atom. The van der Waals surface area contributed by atoms with E-state index in [-0.39, 0.29) is 6.10 Å². The average molecular weight is 171 g/mol. The maximum absolute atomic E-state index is 9.34. The maximum atomic E-state index is 9.34. The van der Waals surface area contributed by atoms with Gasteiger partial charge >= 0.3 is 0 Å². The predicted molar refractivity (Wildman–Crippen MR) is 51.0 cm³/mol. The van der Waals surface area contributed by atoms with Crippen molar-refractivity contribution >= 4 is 0 Å². The Bertz CT molecular complexity index is 139.